The number of nitrogen functional groups attached to an aromatic ring is 1. The summed E-state index contributed by atoms with van der Waals surface area (Å²) in [6.07, 6.45) is 0. The van der Waals surface area contributed by atoms with E-state index in [-0.39, 0.29) is 12.5 Å². The van der Waals surface area contributed by atoms with E-state index in [1.807, 2.05) is 24.1 Å². The predicted octanol–water partition coefficient (Wildman–Crippen LogP) is 0.604. The SMILES string of the molecule is COCCNC(=O)CN(C)Cc1nc2c(N)cccc2o1. The predicted molar refractivity (Wildman–Crippen MR) is 79.6 cm³/mol. The van der Waals surface area contributed by atoms with Crippen molar-refractivity contribution in [2.24, 2.45) is 0 Å². The number of rotatable bonds is 7. The van der Waals surface area contributed by atoms with Gasteiger partial charge in [-0.15, -0.1) is 0 Å². The van der Waals surface area contributed by atoms with Gasteiger partial charge in [0, 0.05) is 13.7 Å². The van der Waals surface area contributed by atoms with Crippen LogP contribution in [-0.2, 0) is 16.1 Å². The molecule has 0 saturated heterocycles. The Morgan fingerprint density at radius 1 is 1.52 bits per heavy atom. The molecule has 1 aromatic heterocycles. The fraction of sp³-hybridized carbons (Fsp3) is 0.429. The molecule has 114 valence electrons. The molecule has 0 aliphatic rings. The Kier molecular flexibility index (Phi) is 5.13. The van der Waals surface area contributed by atoms with Crippen LogP contribution in [0.25, 0.3) is 11.1 Å². The molecular weight excluding hydrogens is 272 g/mol. The molecule has 0 aliphatic carbocycles. The molecule has 21 heavy (non-hydrogen) atoms. The number of nitrogens with zero attached hydrogens (tertiary/aromatic N) is 2. The van der Waals surface area contributed by atoms with Gasteiger partial charge in [0.2, 0.25) is 11.8 Å². The normalized spacial score (nSPS) is 11.2. The van der Waals surface area contributed by atoms with Gasteiger partial charge >= 0.3 is 0 Å². The van der Waals surface area contributed by atoms with Crippen LogP contribution in [0.15, 0.2) is 22.6 Å². The lowest BCUT2D eigenvalue weighted by atomic mass is 10.3. The maximum absolute atomic E-state index is 11.7. The molecule has 1 heterocycles. The molecule has 0 atom stereocenters. The zero-order chi connectivity index (χ0) is 15.2. The Labute approximate surface area is 123 Å². The quantitative estimate of drug-likeness (QED) is 0.573. The third kappa shape index (κ3) is 4.17. The van der Waals surface area contributed by atoms with Gasteiger partial charge in [0.05, 0.1) is 25.4 Å². The van der Waals surface area contributed by atoms with E-state index in [9.17, 15) is 4.79 Å². The lowest BCUT2D eigenvalue weighted by molar-refractivity contribution is -0.122. The van der Waals surface area contributed by atoms with Gasteiger partial charge in [-0.2, -0.15) is 0 Å². The minimum atomic E-state index is -0.0647. The summed E-state index contributed by atoms with van der Waals surface area (Å²) in [5.41, 5.74) is 7.74. The molecular formula is C14H20N4O3. The first kappa shape index (κ1) is 15.3. The van der Waals surface area contributed by atoms with Gasteiger partial charge in [-0.1, -0.05) is 6.07 Å². The first-order valence-electron chi connectivity index (χ1n) is 6.68. The zero-order valence-corrected chi connectivity index (χ0v) is 12.3. The number of aromatic nitrogens is 1. The van der Waals surface area contributed by atoms with Crippen LogP contribution in [-0.4, -0.2) is 49.6 Å². The number of likely N-dealkylation sites (N-methyl/N-ethyl adjacent to an activating group) is 1. The Balaban J connectivity index is 1.90. The Bertz CT molecular complexity index is 611. The maximum atomic E-state index is 11.7. The van der Waals surface area contributed by atoms with Crippen molar-refractivity contribution in [2.45, 2.75) is 6.54 Å². The van der Waals surface area contributed by atoms with E-state index >= 15 is 0 Å². The van der Waals surface area contributed by atoms with E-state index in [2.05, 4.69) is 10.3 Å². The smallest absolute Gasteiger partial charge is 0.234 e. The molecule has 0 unspecified atom stereocenters. The zero-order valence-electron chi connectivity index (χ0n) is 12.3. The number of nitrogens with two attached hydrogens (primary N) is 1. The molecule has 3 N–H and O–H groups in total. The van der Waals surface area contributed by atoms with E-state index in [1.165, 1.54) is 0 Å². The standard InChI is InChI=1S/C14H20N4O3/c1-18(8-12(19)16-6-7-20-2)9-13-17-14-10(15)4-3-5-11(14)21-13/h3-5H,6-9,15H2,1-2H3,(H,16,19). The van der Waals surface area contributed by atoms with Crippen LogP contribution in [0.1, 0.15) is 5.89 Å². The van der Waals surface area contributed by atoms with Crippen molar-refractivity contribution in [1.82, 2.24) is 15.2 Å². The molecule has 0 aliphatic heterocycles. The van der Waals surface area contributed by atoms with Gasteiger partial charge in [-0.25, -0.2) is 4.98 Å². The molecule has 0 spiro atoms. The molecule has 0 bridgehead atoms. The Hall–Kier alpha value is -2.12. The van der Waals surface area contributed by atoms with Gasteiger partial charge in [0.1, 0.15) is 5.52 Å². The van der Waals surface area contributed by atoms with E-state index in [1.54, 1.807) is 13.2 Å². The summed E-state index contributed by atoms with van der Waals surface area (Å²) >= 11 is 0. The van der Waals surface area contributed by atoms with Crippen molar-refractivity contribution in [1.29, 1.82) is 0 Å². The summed E-state index contributed by atoms with van der Waals surface area (Å²) in [6, 6.07) is 5.42. The highest BCUT2D eigenvalue weighted by molar-refractivity contribution is 5.85. The number of nitrogens with one attached hydrogen (secondary N) is 1. The van der Waals surface area contributed by atoms with E-state index in [0.717, 1.165) is 0 Å². The second-order valence-electron chi connectivity index (χ2n) is 4.82. The third-order valence-electron chi connectivity index (χ3n) is 2.94. The van der Waals surface area contributed by atoms with E-state index in [4.69, 9.17) is 14.9 Å². The molecule has 0 radical (unpaired) electrons. The van der Waals surface area contributed by atoms with Crippen LogP contribution >= 0.6 is 0 Å². The molecule has 2 aromatic rings. The average molecular weight is 292 g/mol. The summed E-state index contributed by atoms with van der Waals surface area (Å²) in [4.78, 5) is 17.8. The molecule has 7 heteroatoms. The minimum absolute atomic E-state index is 0.0647. The van der Waals surface area contributed by atoms with Crippen molar-refractivity contribution >= 4 is 22.7 Å². The molecule has 7 nitrogen and oxygen atoms in total. The van der Waals surface area contributed by atoms with Crippen LogP contribution in [0, 0.1) is 0 Å². The highest BCUT2D eigenvalue weighted by Gasteiger charge is 2.12. The monoisotopic (exact) mass is 292 g/mol. The molecule has 0 saturated carbocycles. The number of methoxy groups -OCH3 is 1. The van der Waals surface area contributed by atoms with Crippen molar-refractivity contribution < 1.29 is 13.9 Å². The van der Waals surface area contributed by atoms with Crippen LogP contribution in [0.5, 0.6) is 0 Å². The van der Waals surface area contributed by atoms with Crippen molar-refractivity contribution in [3.63, 3.8) is 0 Å². The van der Waals surface area contributed by atoms with Gasteiger partial charge < -0.3 is 20.2 Å². The number of para-hydroxylation sites is 1. The average Bonchev–Trinajstić information content (AvgIpc) is 2.82. The number of fused-ring (bicyclic) bond motifs is 1. The molecule has 1 aromatic carbocycles. The maximum Gasteiger partial charge on any atom is 0.234 e. The van der Waals surface area contributed by atoms with Gasteiger partial charge in [0.15, 0.2) is 5.58 Å². The van der Waals surface area contributed by atoms with E-state index < -0.39 is 0 Å². The fourth-order valence-corrected chi connectivity index (χ4v) is 1.96. The summed E-state index contributed by atoms with van der Waals surface area (Å²) in [5, 5.41) is 2.76. The Morgan fingerprint density at radius 2 is 2.33 bits per heavy atom. The number of benzene rings is 1. The first-order chi connectivity index (χ1) is 10.1. The van der Waals surface area contributed by atoms with Gasteiger partial charge in [0.25, 0.3) is 0 Å². The minimum Gasteiger partial charge on any atom is -0.439 e. The number of carbonyl (C=O) groups is 1. The van der Waals surface area contributed by atoms with Gasteiger partial charge in [-0.05, 0) is 19.2 Å². The number of anilines is 1. The third-order valence-corrected chi connectivity index (χ3v) is 2.94. The summed E-state index contributed by atoms with van der Waals surface area (Å²) in [6.45, 7) is 1.70. The summed E-state index contributed by atoms with van der Waals surface area (Å²) in [7, 11) is 3.42. The van der Waals surface area contributed by atoms with E-state index in [0.29, 0.717) is 42.4 Å². The molecule has 1 amide bonds. The molecule has 2 rings (SSSR count). The fourth-order valence-electron chi connectivity index (χ4n) is 1.96. The number of hydrogen-bond donors (Lipinski definition) is 2. The van der Waals surface area contributed by atoms with Crippen LogP contribution < -0.4 is 11.1 Å². The number of hydrogen-bond acceptors (Lipinski definition) is 6. The molecule has 0 fully saturated rings. The van der Waals surface area contributed by atoms with Crippen molar-refractivity contribution in [3.05, 3.63) is 24.1 Å². The second kappa shape index (κ2) is 7.05. The highest BCUT2D eigenvalue weighted by atomic mass is 16.5. The number of ether oxygens (including phenoxy) is 1. The topological polar surface area (TPSA) is 93.6 Å². The lowest BCUT2D eigenvalue weighted by Gasteiger charge is -2.13. The van der Waals surface area contributed by atoms with Crippen LogP contribution in [0.4, 0.5) is 5.69 Å². The Morgan fingerprint density at radius 3 is 3.05 bits per heavy atom. The highest BCUT2D eigenvalue weighted by Crippen LogP contribution is 2.21. The summed E-state index contributed by atoms with van der Waals surface area (Å²) < 4.78 is 10.5. The number of oxazole rings is 1. The van der Waals surface area contributed by atoms with Crippen LogP contribution in [0.2, 0.25) is 0 Å². The van der Waals surface area contributed by atoms with Gasteiger partial charge in [-0.3, -0.25) is 9.69 Å². The van der Waals surface area contributed by atoms with Crippen LogP contribution in [0.3, 0.4) is 0 Å². The largest absolute Gasteiger partial charge is 0.439 e. The first-order valence-corrected chi connectivity index (χ1v) is 6.68. The number of carbonyl (C=O) groups excluding carboxylic acids is 1. The summed E-state index contributed by atoms with van der Waals surface area (Å²) in [5.74, 6) is 0.472. The lowest BCUT2D eigenvalue weighted by Crippen LogP contribution is -2.36. The number of amides is 1. The van der Waals surface area contributed by atoms with Crippen molar-refractivity contribution in [2.75, 3.05) is 39.6 Å². The second-order valence-corrected chi connectivity index (χ2v) is 4.82. The van der Waals surface area contributed by atoms with Crippen molar-refractivity contribution in [3.8, 4) is 0 Å².